The molecule has 0 bridgehead atoms. The van der Waals surface area contributed by atoms with Crippen LogP contribution in [0.5, 0.6) is 0 Å². The second-order valence-electron chi connectivity index (χ2n) is 6.11. The first kappa shape index (κ1) is 17.7. The molecule has 6 heteroatoms. The smallest absolute Gasteiger partial charge is 0.246 e. The Morgan fingerprint density at radius 3 is 2.74 bits per heavy atom. The molecule has 0 aliphatic carbocycles. The summed E-state index contributed by atoms with van der Waals surface area (Å²) in [6.45, 7) is 9.35. The second kappa shape index (κ2) is 8.24. The zero-order valence-electron chi connectivity index (χ0n) is 14.1. The minimum atomic E-state index is -0.0998. The molecular weight excluding hydrogens is 308 g/mol. The van der Waals surface area contributed by atoms with E-state index in [0.717, 1.165) is 37.0 Å². The molecule has 0 unspecified atom stereocenters. The number of nitrogens with zero attached hydrogens (tertiary/aromatic N) is 2. The summed E-state index contributed by atoms with van der Waals surface area (Å²) in [6.07, 6.45) is 0. The topological polar surface area (TPSA) is 56.7 Å². The molecule has 0 spiro atoms. The fourth-order valence-electron chi connectivity index (χ4n) is 2.49. The minimum Gasteiger partial charge on any atom is -0.357 e. The normalized spacial score (nSPS) is 17.7. The van der Waals surface area contributed by atoms with Crippen LogP contribution in [0.25, 0.3) is 0 Å². The van der Waals surface area contributed by atoms with Crippen LogP contribution in [-0.4, -0.2) is 53.4 Å². The molecule has 1 aromatic carbocycles. The molecular formula is C17H26N4OS. The van der Waals surface area contributed by atoms with Gasteiger partial charge in [0.25, 0.3) is 0 Å². The number of hydrogen-bond acceptors (Lipinski definition) is 3. The van der Waals surface area contributed by atoms with Gasteiger partial charge in [-0.05, 0) is 32.9 Å². The van der Waals surface area contributed by atoms with E-state index in [1.807, 2.05) is 49.0 Å². The first-order valence-corrected chi connectivity index (χ1v) is 9.01. The van der Waals surface area contributed by atoms with Crippen LogP contribution in [-0.2, 0) is 4.79 Å². The van der Waals surface area contributed by atoms with Gasteiger partial charge in [0.2, 0.25) is 5.91 Å². The molecule has 0 radical (unpaired) electrons. The van der Waals surface area contributed by atoms with Crippen LogP contribution >= 0.6 is 11.8 Å². The van der Waals surface area contributed by atoms with Gasteiger partial charge in [-0.25, -0.2) is 4.99 Å². The molecule has 1 fully saturated rings. The molecule has 126 valence electrons. The summed E-state index contributed by atoms with van der Waals surface area (Å²) in [5, 5.41) is 6.16. The third-order valence-electron chi connectivity index (χ3n) is 3.49. The predicted molar refractivity (Wildman–Crippen MR) is 99.2 cm³/mol. The summed E-state index contributed by atoms with van der Waals surface area (Å²) >= 11 is 1.98. The number of thioether (sulfide) groups is 1. The third-order valence-corrected chi connectivity index (χ3v) is 4.79. The molecule has 2 N–H and O–H groups in total. The number of guanidine groups is 1. The van der Waals surface area contributed by atoms with Gasteiger partial charge in [0.15, 0.2) is 5.96 Å². The van der Waals surface area contributed by atoms with Gasteiger partial charge in [0, 0.05) is 35.8 Å². The number of amides is 1. The Kier molecular flexibility index (Phi) is 6.33. The van der Waals surface area contributed by atoms with E-state index in [1.54, 1.807) is 0 Å². The zero-order valence-corrected chi connectivity index (χ0v) is 14.9. The fourth-order valence-corrected chi connectivity index (χ4v) is 3.60. The summed E-state index contributed by atoms with van der Waals surface area (Å²) in [4.78, 5) is 18.8. The van der Waals surface area contributed by atoms with Gasteiger partial charge >= 0.3 is 0 Å². The Labute approximate surface area is 142 Å². The van der Waals surface area contributed by atoms with Crippen LogP contribution < -0.4 is 10.6 Å². The highest BCUT2D eigenvalue weighted by Crippen LogP contribution is 2.29. The van der Waals surface area contributed by atoms with Gasteiger partial charge in [-0.2, -0.15) is 11.8 Å². The maximum atomic E-state index is 12.1. The van der Waals surface area contributed by atoms with Crippen molar-refractivity contribution in [2.75, 3.05) is 37.2 Å². The van der Waals surface area contributed by atoms with Gasteiger partial charge < -0.3 is 15.5 Å². The van der Waals surface area contributed by atoms with E-state index >= 15 is 0 Å². The molecule has 23 heavy (non-hydrogen) atoms. The number of anilines is 1. The Balaban J connectivity index is 1.96. The lowest BCUT2D eigenvalue weighted by Crippen LogP contribution is -2.51. The summed E-state index contributed by atoms with van der Waals surface area (Å²) in [6, 6.07) is 9.47. The SMILES string of the molecule is CCNC(=NCC(=O)Nc1ccccc1)N1CCSC(C)(C)C1. The van der Waals surface area contributed by atoms with Gasteiger partial charge in [-0.3, -0.25) is 4.79 Å². The lowest BCUT2D eigenvalue weighted by Gasteiger charge is -2.39. The maximum absolute atomic E-state index is 12.1. The van der Waals surface area contributed by atoms with Gasteiger partial charge in [-0.1, -0.05) is 18.2 Å². The molecule has 1 aliphatic rings. The second-order valence-corrected chi connectivity index (χ2v) is 7.92. The Hall–Kier alpha value is -1.69. The van der Waals surface area contributed by atoms with Gasteiger partial charge in [-0.15, -0.1) is 0 Å². The number of aliphatic imine (C=N–C) groups is 1. The fraction of sp³-hybridized carbons (Fsp3) is 0.529. The van der Waals surface area contributed by atoms with E-state index in [4.69, 9.17) is 0 Å². The molecule has 1 saturated heterocycles. The van der Waals surface area contributed by atoms with E-state index in [9.17, 15) is 4.79 Å². The van der Waals surface area contributed by atoms with Crippen LogP contribution in [0.3, 0.4) is 0 Å². The van der Waals surface area contributed by atoms with E-state index in [0.29, 0.717) is 0 Å². The average Bonchev–Trinajstić information content (AvgIpc) is 2.51. The number of carbonyl (C=O) groups excluding carboxylic acids is 1. The van der Waals surface area contributed by atoms with Crippen molar-refractivity contribution >= 4 is 29.3 Å². The van der Waals surface area contributed by atoms with E-state index < -0.39 is 0 Å². The number of benzene rings is 1. The Bertz CT molecular complexity index is 545. The maximum Gasteiger partial charge on any atom is 0.246 e. The lowest BCUT2D eigenvalue weighted by molar-refractivity contribution is -0.114. The monoisotopic (exact) mass is 334 g/mol. The predicted octanol–water partition coefficient (Wildman–Crippen LogP) is 2.42. The van der Waals surface area contributed by atoms with Crippen molar-refractivity contribution in [3.05, 3.63) is 30.3 Å². The van der Waals surface area contributed by atoms with Crippen molar-refractivity contribution in [2.24, 2.45) is 4.99 Å². The molecule has 5 nitrogen and oxygen atoms in total. The largest absolute Gasteiger partial charge is 0.357 e. The molecule has 1 heterocycles. The number of carbonyl (C=O) groups is 1. The quantitative estimate of drug-likeness (QED) is 0.656. The molecule has 0 atom stereocenters. The highest BCUT2D eigenvalue weighted by atomic mass is 32.2. The molecule has 0 saturated carbocycles. The van der Waals surface area contributed by atoms with Gasteiger partial charge in [0.05, 0.1) is 0 Å². The van der Waals surface area contributed by atoms with Crippen LogP contribution in [0.4, 0.5) is 5.69 Å². The van der Waals surface area contributed by atoms with Crippen LogP contribution in [0.1, 0.15) is 20.8 Å². The van der Waals surface area contributed by atoms with Crippen LogP contribution in [0.15, 0.2) is 35.3 Å². The van der Waals surface area contributed by atoms with E-state index in [-0.39, 0.29) is 17.2 Å². The van der Waals surface area contributed by atoms with Crippen molar-refractivity contribution in [1.82, 2.24) is 10.2 Å². The van der Waals surface area contributed by atoms with E-state index in [1.165, 1.54) is 0 Å². The molecule has 1 aliphatic heterocycles. The first-order valence-electron chi connectivity index (χ1n) is 8.02. The summed E-state index contributed by atoms with van der Waals surface area (Å²) in [5.74, 6) is 1.80. The number of nitrogens with one attached hydrogen (secondary N) is 2. The van der Waals surface area contributed by atoms with Crippen molar-refractivity contribution in [2.45, 2.75) is 25.5 Å². The minimum absolute atomic E-state index is 0.0998. The average molecular weight is 334 g/mol. The van der Waals surface area contributed by atoms with Crippen molar-refractivity contribution in [3.63, 3.8) is 0 Å². The highest BCUT2D eigenvalue weighted by Gasteiger charge is 2.28. The molecule has 0 aromatic heterocycles. The Morgan fingerprint density at radius 1 is 1.35 bits per heavy atom. The van der Waals surface area contributed by atoms with Crippen molar-refractivity contribution in [3.8, 4) is 0 Å². The molecule has 1 amide bonds. The van der Waals surface area contributed by atoms with Gasteiger partial charge in [0.1, 0.15) is 6.54 Å². The van der Waals surface area contributed by atoms with E-state index in [2.05, 4.69) is 34.4 Å². The van der Waals surface area contributed by atoms with Crippen molar-refractivity contribution in [1.29, 1.82) is 0 Å². The first-order chi connectivity index (χ1) is 11.0. The highest BCUT2D eigenvalue weighted by molar-refractivity contribution is 8.00. The lowest BCUT2D eigenvalue weighted by atomic mass is 10.2. The number of para-hydroxylation sites is 1. The molecule has 1 aromatic rings. The number of hydrogen-bond donors (Lipinski definition) is 2. The Morgan fingerprint density at radius 2 is 2.09 bits per heavy atom. The third kappa shape index (κ3) is 5.78. The summed E-state index contributed by atoms with van der Waals surface area (Å²) in [5.41, 5.74) is 0.799. The standard InChI is InChI=1S/C17H26N4OS/c1-4-18-16(21-10-11-23-17(2,3)13-21)19-12-15(22)20-14-8-6-5-7-9-14/h5-9H,4,10-13H2,1-3H3,(H,18,19)(H,20,22). The van der Waals surface area contributed by atoms with Crippen LogP contribution in [0, 0.1) is 0 Å². The summed E-state index contributed by atoms with van der Waals surface area (Å²) in [7, 11) is 0. The summed E-state index contributed by atoms with van der Waals surface area (Å²) < 4.78 is 0.209. The zero-order chi connectivity index (χ0) is 16.7. The van der Waals surface area contributed by atoms with Crippen LogP contribution in [0.2, 0.25) is 0 Å². The van der Waals surface area contributed by atoms with Crippen molar-refractivity contribution < 1.29 is 4.79 Å². The molecule has 2 rings (SSSR count). The number of rotatable bonds is 4.